The minimum Gasteiger partial charge on any atom is -0.484 e. The number of aromatic nitrogens is 1. The van der Waals surface area contributed by atoms with Gasteiger partial charge in [-0.1, -0.05) is 18.2 Å². The molecular weight excluding hydrogens is 326 g/mol. The molecule has 1 amide bonds. The summed E-state index contributed by atoms with van der Waals surface area (Å²) in [6, 6.07) is 21.1. The molecule has 0 aliphatic rings. The van der Waals surface area contributed by atoms with E-state index >= 15 is 0 Å². The molecule has 3 rings (SSSR count). The van der Waals surface area contributed by atoms with Gasteiger partial charge in [0.05, 0.1) is 6.04 Å². The molecule has 0 saturated heterocycles. The van der Waals surface area contributed by atoms with Gasteiger partial charge in [-0.2, -0.15) is 0 Å². The van der Waals surface area contributed by atoms with Crippen molar-refractivity contribution in [3.05, 3.63) is 84.7 Å². The van der Waals surface area contributed by atoms with Crippen molar-refractivity contribution in [3.8, 4) is 5.75 Å². The number of benzene rings is 2. The summed E-state index contributed by atoms with van der Waals surface area (Å²) < 4.78 is 5.56. The van der Waals surface area contributed by atoms with Gasteiger partial charge in [-0.25, -0.2) is 0 Å². The number of carbonyl (C=O) groups is 1. The molecule has 2 N–H and O–H groups in total. The van der Waals surface area contributed by atoms with Crippen LogP contribution in [0.5, 0.6) is 5.75 Å². The molecule has 0 aliphatic heterocycles. The number of amides is 1. The molecule has 1 unspecified atom stereocenters. The van der Waals surface area contributed by atoms with Crippen molar-refractivity contribution in [2.75, 3.05) is 11.9 Å². The van der Waals surface area contributed by atoms with E-state index in [1.165, 1.54) is 0 Å². The highest BCUT2D eigenvalue weighted by atomic mass is 16.5. The number of rotatable bonds is 7. The molecule has 0 aliphatic carbocycles. The van der Waals surface area contributed by atoms with Gasteiger partial charge >= 0.3 is 0 Å². The lowest BCUT2D eigenvalue weighted by molar-refractivity contribution is -0.123. The summed E-state index contributed by atoms with van der Waals surface area (Å²) in [5.41, 5.74) is 2.98. The fraction of sp³-hybridized carbons (Fsp3) is 0.143. The summed E-state index contributed by atoms with van der Waals surface area (Å²) in [5, 5.41) is 6.21. The third kappa shape index (κ3) is 5.08. The molecule has 0 bridgehead atoms. The second kappa shape index (κ2) is 8.67. The van der Waals surface area contributed by atoms with E-state index in [2.05, 4.69) is 15.6 Å². The number of pyridine rings is 1. The third-order valence-corrected chi connectivity index (χ3v) is 3.87. The number of nitrogens with zero attached hydrogens (tertiary/aromatic N) is 1. The first-order chi connectivity index (χ1) is 12.7. The summed E-state index contributed by atoms with van der Waals surface area (Å²) in [5.74, 6) is 0.483. The lowest BCUT2D eigenvalue weighted by Gasteiger charge is -2.14. The average Bonchev–Trinajstić information content (AvgIpc) is 2.69. The van der Waals surface area contributed by atoms with E-state index in [4.69, 9.17) is 4.74 Å². The number of hydrogen-bond donors (Lipinski definition) is 2. The summed E-state index contributed by atoms with van der Waals surface area (Å²) >= 11 is 0. The molecule has 0 fully saturated rings. The van der Waals surface area contributed by atoms with Crippen molar-refractivity contribution in [2.45, 2.75) is 13.0 Å². The first kappa shape index (κ1) is 17.5. The number of hydrogen-bond acceptors (Lipinski definition) is 4. The van der Waals surface area contributed by atoms with Crippen molar-refractivity contribution in [2.24, 2.45) is 0 Å². The Morgan fingerprint density at radius 2 is 1.62 bits per heavy atom. The van der Waals surface area contributed by atoms with Crippen molar-refractivity contribution >= 4 is 17.3 Å². The zero-order valence-corrected chi connectivity index (χ0v) is 14.6. The van der Waals surface area contributed by atoms with Crippen LogP contribution in [0.1, 0.15) is 18.5 Å². The predicted octanol–water partition coefficient (Wildman–Crippen LogP) is 4.08. The Morgan fingerprint density at radius 3 is 2.31 bits per heavy atom. The van der Waals surface area contributed by atoms with Crippen LogP contribution >= 0.6 is 0 Å². The van der Waals surface area contributed by atoms with Crippen molar-refractivity contribution in [1.82, 2.24) is 10.3 Å². The fourth-order valence-electron chi connectivity index (χ4n) is 2.49. The zero-order valence-electron chi connectivity index (χ0n) is 14.6. The van der Waals surface area contributed by atoms with Gasteiger partial charge in [0.25, 0.3) is 5.91 Å². The van der Waals surface area contributed by atoms with Crippen molar-refractivity contribution in [3.63, 3.8) is 0 Å². The number of nitrogens with one attached hydrogen (secondary N) is 2. The monoisotopic (exact) mass is 347 g/mol. The Hall–Kier alpha value is -3.34. The van der Waals surface area contributed by atoms with Crippen LogP contribution in [0.25, 0.3) is 0 Å². The molecule has 1 heterocycles. The van der Waals surface area contributed by atoms with Crippen LogP contribution in [-0.4, -0.2) is 17.5 Å². The van der Waals surface area contributed by atoms with E-state index in [1.54, 1.807) is 12.4 Å². The van der Waals surface area contributed by atoms with Crippen LogP contribution in [-0.2, 0) is 4.79 Å². The molecule has 0 saturated carbocycles. The Kier molecular flexibility index (Phi) is 5.83. The number of ether oxygens (including phenoxy) is 1. The largest absolute Gasteiger partial charge is 0.484 e. The molecule has 1 aromatic heterocycles. The number of anilines is 2. The number of para-hydroxylation sites is 1. The van der Waals surface area contributed by atoms with Crippen LogP contribution in [0.2, 0.25) is 0 Å². The second-order valence-corrected chi connectivity index (χ2v) is 5.87. The van der Waals surface area contributed by atoms with Gasteiger partial charge in [-0.3, -0.25) is 9.78 Å². The van der Waals surface area contributed by atoms with Gasteiger partial charge in [0, 0.05) is 23.8 Å². The van der Waals surface area contributed by atoms with E-state index in [9.17, 15) is 4.79 Å². The minimum atomic E-state index is -0.166. The second-order valence-electron chi connectivity index (χ2n) is 5.87. The molecule has 5 nitrogen and oxygen atoms in total. The highest BCUT2D eigenvalue weighted by Crippen LogP contribution is 2.20. The Balaban J connectivity index is 1.48. The smallest absolute Gasteiger partial charge is 0.258 e. The van der Waals surface area contributed by atoms with Gasteiger partial charge in [-0.05, 0) is 61.0 Å². The van der Waals surface area contributed by atoms with Crippen LogP contribution in [0.15, 0.2) is 79.1 Å². The predicted molar refractivity (Wildman–Crippen MR) is 102 cm³/mol. The zero-order chi connectivity index (χ0) is 18.2. The molecule has 0 spiro atoms. The summed E-state index contributed by atoms with van der Waals surface area (Å²) in [6.07, 6.45) is 3.42. The van der Waals surface area contributed by atoms with Crippen molar-refractivity contribution in [1.29, 1.82) is 0 Å². The molecule has 26 heavy (non-hydrogen) atoms. The Bertz CT molecular complexity index is 821. The maximum atomic E-state index is 12.0. The highest BCUT2D eigenvalue weighted by Gasteiger charge is 2.09. The van der Waals surface area contributed by atoms with E-state index in [0.717, 1.165) is 16.9 Å². The quantitative estimate of drug-likeness (QED) is 0.676. The molecule has 2 aromatic carbocycles. The van der Waals surface area contributed by atoms with Gasteiger partial charge < -0.3 is 15.4 Å². The van der Waals surface area contributed by atoms with Gasteiger partial charge in [-0.15, -0.1) is 0 Å². The fourth-order valence-corrected chi connectivity index (χ4v) is 2.49. The molecule has 5 heteroatoms. The molecule has 0 radical (unpaired) electrons. The van der Waals surface area contributed by atoms with Crippen LogP contribution in [0.4, 0.5) is 11.4 Å². The highest BCUT2D eigenvalue weighted by molar-refractivity contribution is 5.78. The van der Waals surface area contributed by atoms with Crippen LogP contribution in [0, 0.1) is 0 Å². The van der Waals surface area contributed by atoms with E-state index in [0.29, 0.717) is 5.75 Å². The van der Waals surface area contributed by atoms with E-state index < -0.39 is 0 Å². The lowest BCUT2D eigenvalue weighted by atomic mass is 10.1. The van der Waals surface area contributed by atoms with Gasteiger partial charge in [0.2, 0.25) is 0 Å². The summed E-state index contributed by atoms with van der Waals surface area (Å²) in [4.78, 5) is 16.0. The molecule has 132 valence electrons. The standard InChI is InChI=1S/C21H21N3O2/c1-16(17-11-13-22-14-12-17)23-21(25)15-26-20-9-7-19(8-10-20)24-18-5-3-2-4-6-18/h2-14,16,24H,15H2,1H3,(H,23,25). The SMILES string of the molecule is CC(NC(=O)COc1ccc(Nc2ccccc2)cc1)c1ccncc1. The lowest BCUT2D eigenvalue weighted by Crippen LogP contribution is -2.31. The Labute approximate surface area is 153 Å². The molecule has 3 aromatic rings. The first-order valence-corrected chi connectivity index (χ1v) is 8.45. The normalized spacial score (nSPS) is 11.4. The first-order valence-electron chi connectivity index (χ1n) is 8.45. The van der Waals surface area contributed by atoms with Crippen molar-refractivity contribution < 1.29 is 9.53 Å². The van der Waals surface area contributed by atoms with Crippen LogP contribution < -0.4 is 15.4 Å². The van der Waals surface area contributed by atoms with E-state index in [1.807, 2.05) is 73.7 Å². The van der Waals surface area contributed by atoms with Gasteiger partial charge in [0.15, 0.2) is 6.61 Å². The maximum absolute atomic E-state index is 12.0. The summed E-state index contributed by atoms with van der Waals surface area (Å²) in [7, 11) is 0. The van der Waals surface area contributed by atoms with Crippen LogP contribution in [0.3, 0.4) is 0 Å². The minimum absolute atomic E-state index is 0.0269. The molecule has 1 atom stereocenters. The average molecular weight is 347 g/mol. The van der Waals surface area contributed by atoms with E-state index in [-0.39, 0.29) is 18.6 Å². The third-order valence-electron chi connectivity index (χ3n) is 3.87. The maximum Gasteiger partial charge on any atom is 0.258 e. The Morgan fingerprint density at radius 1 is 0.962 bits per heavy atom. The topological polar surface area (TPSA) is 63.2 Å². The summed E-state index contributed by atoms with van der Waals surface area (Å²) in [6.45, 7) is 1.90. The number of carbonyl (C=O) groups excluding carboxylic acids is 1. The molecular formula is C21H21N3O2. The van der Waals surface area contributed by atoms with Gasteiger partial charge in [0.1, 0.15) is 5.75 Å².